The molecule has 15 heavy (non-hydrogen) atoms. The number of aliphatic hydroxyl groups is 1. The summed E-state index contributed by atoms with van der Waals surface area (Å²) in [7, 11) is 0. The summed E-state index contributed by atoms with van der Waals surface area (Å²) in [5.74, 6) is -0.0267. The molecule has 1 unspecified atom stereocenters. The van der Waals surface area contributed by atoms with Crippen LogP contribution < -0.4 is 4.90 Å². The molecule has 0 radical (unpaired) electrons. The molecule has 0 aliphatic carbocycles. The fourth-order valence-electron chi connectivity index (χ4n) is 1.94. The first kappa shape index (κ1) is 10.7. The van der Waals surface area contributed by atoms with Crippen LogP contribution in [0.5, 0.6) is 0 Å². The molecule has 82 valence electrons. The Hall–Kier alpha value is -0.800. The van der Waals surface area contributed by atoms with Crippen LogP contribution in [0.4, 0.5) is 10.1 Å². The van der Waals surface area contributed by atoms with Crippen LogP contribution in [0.3, 0.4) is 0 Å². The van der Waals surface area contributed by atoms with Crippen LogP contribution in [0.2, 0.25) is 5.02 Å². The summed E-state index contributed by atoms with van der Waals surface area (Å²) in [4.78, 5) is 1.95. The first-order chi connectivity index (χ1) is 7.20. The lowest BCUT2D eigenvalue weighted by atomic mass is 10.1. The Morgan fingerprint density at radius 2 is 2.33 bits per heavy atom. The van der Waals surface area contributed by atoms with Gasteiger partial charge >= 0.3 is 0 Å². The molecule has 0 amide bonds. The third-order valence-corrected chi connectivity index (χ3v) is 3.03. The number of hydrogen-bond donors (Lipinski definition) is 1. The average molecular weight is 230 g/mol. The Morgan fingerprint density at radius 1 is 1.53 bits per heavy atom. The van der Waals surface area contributed by atoms with Crippen molar-refractivity contribution in [2.75, 3.05) is 24.6 Å². The Bertz CT molecular complexity index is 358. The van der Waals surface area contributed by atoms with E-state index in [1.165, 1.54) is 6.07 Å². The molecule has 1 aliphatic rings. The van der Waals surface area contributed by atoms with E-state index in [0.717, 1.165) is 19.5 Å². The number of anilines is 1. The number of halogens is 2. The average Bonchev–Trinajstić information content (AvgIpc) is 2.66. The second-order valence-electron chi connectivity index (χ2n) is 3.88. The molecule has 1 saturated heterocycles. The lowest BCUT2D eigenvalue weighted by Crippen LogP contribution is -2.21. The molecule has 4 heteroatoms. The van der Waals surface area contributed by atoms with Crippen molar-refractivity contribution in [2.24, 2.45) is 5.92 Å². The normalized spacial score (nSPS) is 21.0. The van der Waals surface area contributed by atoms with Gasteiger partial charge in [0.05, 0.1) is 5.69 Å². The zero-order valence-corrected chi connectivity index (χ0v) is 9.04. The van der Waals surface area contributed by atoms with Crippen molar-refractivity contribution in [3.63, 3.8) is 0 Å². The minimum atomic E-state index is -0.291. The molecule has 2 nitrogen and oxygen atoms in total. The first-order valence-corrected chi connectivity index (χ1v) is 5.39. The Balaban J connectivity index is 2.17. The Labute approximate surface area is 93.3 Å². The van der Waals surface area contributed by atoms with Crippen LogP contribution >= 0.6 is 11.6 Å². The fourth-order valence-corrected chi connectivity index (χ4v) is 2.10. The molecule has 1 aromatic rings. The highest BCUT2D eigenvalue weighted by Crippen LogP contribution is 2.27. The highest BCUT2D eigenvalue weighted by Gasteiger charge is 2.23. The van der Waals surface area contributed by atoms with Crippen LogP contribution in [0.15, 0.2) is 18.2 Å². The van der Waals surface area contributed by atoms with Gasteiger partial charge in [0.15, 0.2) is 0 Å². The summed E-state index contributed by atoms with van der Waals surface area (Å²) in [6, 6.07) is 4.70. The largest absolute Gasteiger partial charge is 0.396 e. The maximum Gasteiger partial charge on any atom is 0.147 e. The molecule has 1 aliphatic heterocycles. The summed E-state index contributed by atoms with van der Waals surface area (Å²) in [6.07, 6.45) is 0.915. The van der Waals surface area contributed by atoms with E-state index in [2.05, 4.69) is 0 Å². The van der Waals surface area contributed by atoms with Gasteiger partial charge < -0.3 is 10.0 Å². The third-order valence-electron chi connectivity index (χ3n) is 2.79. The second kappa shape index (κ2) is 4.37. The number of hydrogen-bond acceptors (Lipinski definition) is 2. The lowest BCUT2D eigenvalue weighted by molar-refractivity contribution is 0.238. The first-order valence-electron chi connectivity index (χ1n) is 5.01. The summed E-state index contributed by atoms with van der Waals surface area (Å²) in [5, 5.41) is 9.41. The van der Waals surface area contributed by atoms with Crippen molar-refractivity contribution in [2.45, 2.75) is 6.42 Å². The van der Waals surface area contributed by atoms with E-state index in [1.807, 2.05) is 4.90 Å². The van der Waals surface area contributed by atoms with Crippen molar-refractivity contribution in [3.05, 3.63) is 29.0 Å². The van der Waals surface area contributed by atoms with Gasteiger partial charge in [-0.15, -0.1) is 0 Å². The van der Waals surface area contributed by atoms with Crippen molar-refractivity contribution >= 4 is 17.3 Å². The minimum Gasteiger partial charge on any atom is -0.396 e. The van der Waals surface area contributed by atoms with Crippen molar-refractivity contribution in [1.29, 1.82) is 0 Å². The zero-order chi connectivity index (χ0) is 10.8. The monoisotopic (exact) mass is 229 g/mol. The van der Waals surface area contributed by atoms with Crippen molar-refractivity contribution in [3.8, 4) is 0 Å². The summed E-state index contributed by atoms with van der Waals surface area (Å²) >= 11 is 5.68. The number of benzene rings is 1. The molecule has 1 fully saturated rings. The van der Waals surface area contributed by atoms with Gasteiger partial charge in [0.2, 0.25) is 0 Å². The predicted octanol–water partition coefficient (Wildman–Crippen LogP) is 2.30. The summed E-state index contributed by atoms with van der Waals surface area (Å²) < 4.78 is 13.5. The van der Waals surface area contributed by atoms with E-state index in [0.29, 0.717) is 10.7 Å². The fraction of sp³-hybridized carbons (Fsp3) is 0.455. The zero-order valence-electron chi connectivity index (χ0n) is 8.29. The van der Waals surface area contributed by atoms with Gasteiger partial charge in [0.1, 0.15) is 5.82 Å². The topological polar surface area (TPSA) is 23.5 Å². The van der Waals surface area contributed by atoms with E-state index < -0.39 is 0 Å². The summed E-state index contributed by atoms with van der Waals surface area (Å²) in [6.45, 7) is 1.69. The van der Waals surface area contributed by atoms with E-state index in [9.17, 15) is 4.39 Å². The maximum atomic E-state index is 13.5. The van der Waals surface area contributed by atoms with Gasteiger partial charge in [-0.3, -0.25) is 0 Å². The third kappa shape index (κ3) is 2.24. The Morgan fingerprint density at radius 3 is 2.93 bits per heavy atom. The SMILES string of the molecule is OCC1CCN(c2ccc(Cl)cc2F)C1. The van der Waals surface area contributed by atoms with Gasteiger partial charge in [0, 0.05) is 30.6 Å². The molecule has 0 saturated carbocycles. The molecule has 1 heterocycles. The van der Waals surface area contributed by atoms with Gasteiger partial charge in [-0.2, -0.15) is 0 Å². The van der Waals surface area contributed by atoms with E-state index in [4.69, 9.17) is 16.7 Å². The minimum absolute atomic E-state index is 0.172. The molecule has 0 spiro atoms. The van der Waals surface area contributed by atoms with Gasteiger partial charge in [-0.25, -0.2) is 4.39 Å². The van der Waals surface area contributed by atoms with Gasteiger partial charge in [-0.05, 0) is 24.6 Å². The number of aliphatic hydroxyl groups excluding tert-OH is 1. The van der Waals surface area contributed by atoms with Crippen molar-refractivity contribution in [1.82, 2.24) is 0 Å². The highest BCUT2D eigenvalue weighted by atomic mass is 35.5. The number of rotatable bonds is 2. The molecule has 1 atom stereocenters. The summed E-state index contributed by atoms with van der Waals surface area (Å²) in [5.41, 5.74) is 0.579. The molecule has 2 rings (SSSR count). The van der Waals surface area contributed by atoms with Crippen LogP contribution in [0, 0.1) is 11.7 Å². The molecule has 1 N–H and O–H groups in total. The molecule has 0 bridgehead atoms. The van der Waals surface area contributed by atoms with E-state index in [1.54, 1.807) is 12.1 Å². The number of nitrogens with zero attached hydrogens (tertiary/aromatic N) is 1. The van der Waals surface area contributed by atoms with E-state index in [-0.39, 0.29) is 18.3 Å². The van der Waals surface area contributed by atoms with Gasteiger partial charge in [0.25, 0.3) is 0 Å². The highest BCUT2D eigenvalue weighted by molar-refractivity contribution is 6.30. The predicted molar refractivity (Wildman–Crippen MR) is 58.8 cm³/mol. The molecule has 1 aromatic carbocycles. The smallest absolute Gasteiger partial charge is 0.147 e. The van der Waals surface area contributed by atoms with Crippen molar-refractivity contribution < 1.29 is 9.50 Å². The quantitative estimate of drug-likeness (QED) is 0.841. The second-order valence-corrected chi connectivity index (χ2v) is 4.32. The standard InChI is InChI=1S/C11H13ClFNO/c12-9-1-2-11(10(13)5-9)14-4-3-8(6-14)7-15/h1-2,5,8,15H,3-4,6-7H2. The lowest BCUT2D eigenvalue weighted by Gasteiger charge is -2.19. The molecular formula is C11H13ClFNO. The Kier molecular flexibility index (Phi) is 3.12. The van der Waals surface area contributed by atoms with E-state index >= 15 is 0 Å². The van der Waals surface area contributed by atoms with Crippen LogP contribution in [0.25, 0.3) is 0 Å². The van der Waals surface area contributed by atoms with Crippen LogP contribution in [-0.4, -0.2) is 24.8 Å². The molecular weight excluding hydrogens is 217 g/mol. The van der Waals surface area contributed by atoms with Crippen LogP contribution in [-0.2, 0) is 0 Å². The van der Waals surface area contributed by atoms with Crippen LogP contribution in [0.1, 0.15) is 6.42 Å². The maximum absolute atomic E-state index is 13.5. The van der Waals surface area contributed by atoms with Gasteiger partial charge in [-0.1, -0.05) is 11.6 Å². The molecule has 0 aromatic heterocycles.